The van der Waals surface area contributed by atoms with Crippen LogP contribution in [0.15, 0.2) is 24.8 Å². The molecule has 0 spiro atoms. The molecule has 0 heterocycles. The molecule has 0 atom stereocenters. The van der Waals surface area contributed by atoms with Gasteiger partial charge >= 0.3 is 5.97 Å². The maximum absolute atomic E-state index is 10.6. The number of hydrogen-bond donors (Lipinski definition) is 3. The van der Waals surface area contributed by atoms with E-state index in [-0.39, 0.29) is 13.0 Å². The van der Waals surface area contributed by atoms with Crippen molar-refractivity contribution in [2.24, 2.45) is 5.73 Å². The molecule has 0 unspecified atom stereocenters. The molecule has 6 heteroatoms. The second-order valence-electron chi connectivity index (χ2n) is 2.79. The number of rotatable bonds is 5. The minimum absolute atomic E-state index is 0.00333. The zero-order valence-corrected chi connectivity index (χ0v) is 9.18. The van der Waals surface area contributed by atoms with E-state index >= 15 is 0 Å². The van der Waals surface area contributed by atoms with Crippen LogP contribution in [0.2, 0.25) is 0 Å². The van der Waals surface area contributed by atoms with Gasteiger partial charge in [0.25, 0.3) is 0 Å². The van der Waals surface area contributed by atoms with Gasteiger partial charge in [0.2, 0.25) is 5.91 Å². The summed E-state index contributed by atoms with van der Waals surface area (Å²) in [5.74, 6) is -0.990. The Morgan fingerprint density at radius 3 is 2.19 bits per heavy atom. The average molecular weight is 231 g/mol. The number of aliphatic hydroxyl groups is 2. The molecule has 1 amide bonds. The molecule has 0 rings (SSSR count). The third-order valence-corrected chi connectivity index (χ3v) is 1.16. The molecule has 6 nitrogen and oxygen atoms in total. The SMILES string of the molecule is C=C(C)C(=O)OCCC(O)O.C=CC(N)=O. The Bertz CT molecular complexity index is 260. The lowest BCUT2D eigenvalue weighted by Crippen LogP contribution is -2.12. The Hall–Kier alpha value is -1.66. The van der Waals surface area contributed by atoms with Gasteiger partial charge in [0.1, 0.15) is 0 Å². The lowest BCUT2D eigenvalue weighted by molar-refractivity contribution is -0.141. The number of hydrogen-bond acceptors (Lipinski definition) is 5. The van der Waals surface area contributed by atoms with Crippen molar-refractivity contribution in [1.29, 1.82) is 0 Å². The largest absolute Gasteiger partial charge is 0.462 e. The van der Waals surface area contributed by atoms with Gasteiger partial charge in [0.15, 0.2) is 6.29 Å². The molecule has 4 N–H and O–H groups in total. The maximum Gasteiger partial charge on any atom is 0.333 e. The Kier molecular flexibility index (Phi) is 10.3. The van der Waals surface area contributed by atoms with Crippen molar-refractivity contribution in [2.75, 3.05) is 6.61 Å². The van der Waals surface area contributed by atoms with Crippen molar-refractivity contribution < 1.29 is 24.5 Å². The van der Waals surface area contributed by atoms with E-state index in [1.165, 1.54) is 6.92 Å². The van der Waals surface area contributed by atoms with Crippen molar-refractivity contribution in [3.05, 3.63) is 24.8 Å². The molecule has 0 aliphatic rings. The summed E-state index contributed by atoms with van der Waals surface area (Å²) in [5, 5.41) is 16.7. The molecule has 0 radical (unpaired) electrons. The van der Waals surface area contributed by atoms with E-state index in [2.05, 4.69) is 23.6 Å². The first-order valence-electron chi connectivity index (χ1n) is 4.41. The standard InChI is InChI=1S/C7H12O4.C3H5NO/c1-5(2)7(10)11-4-3-6(8)9;1-2-3(4)5/h6,8-9H,1,3-4H2,2H3;2H,1H2,(H2,4,5). The van der Waals surface area contributed by atoms with E-state index in [4.69, 9.17) is 10.2 Å². The smallest absolute Gasteiger partial charge is 0.333 e. The molecule has 0 saturated heterocycles. The number of carbonyl (C=O) groups is 2. The van der Waals surface area contributed by atoms with Crippen LogP contribution in [0.1, 0.15) is 13.3 Å². The lowest BCUT2D eigenvalue weighted by atomic mass is 10.3. The Labute approximate surface area is 94.0 Å². The van der Waals surface area contributed by atoms with Crippen molar-refractivity contribution in [3.8, 4) is 0 Å². The highest BCUT2D eigenvalue weighted by Gasteiger charge is 2.03. The van der Waals surface area contributed by atoms with E-state index in [0.717, 1.165) is 6.08 Å². The van der Waals surface area contributed by atoms with Crippen molar-refractivity contribution >= 4 is 11.9 Å². The van der Waals surface area contributed by atoms with Gasteiger partial charge in [-0.15, -0.1) is 0 Å². The molecule has 0 saturated carbocycles. The van der Waals surface area contributed by atoms with Crippen molar-refractivity contribution in [2.45, 2.75) is 19.6 Å². The van der Waals surface area contributed by atoms with Crippen molar-refractivity contribution in [3.63, 3.8) is 0 Å². The first kappa shape index (κ1) is 16.8. The van der Waals surface area contributed by atoms with Gasteiger partial charge in [-0.3, -0.25) is 4.79 Å². The molecule has 16 heavy (non-hydrogen) atoms. The highest BCUT2D eigenvalue weighted by atomic mass is 16.5. The van der Waals surface area contributed by atoms with E-state index in [0.29, 0.717) is 5.57 Å². The highest BCUT2D eigenvalue weighted by molar-refractivity contribution is 5.86. The zero-order valence-electron chi connectivity index (χ0n) is 9.18. The van der Waals surface area contributed by atoms with Crippen LogP contribution < -0.4 is 5.73 Å². The van der Waals surface area contributed by atoms with Crippen LogP contribution >= 0.6 is 0 Å². The summed E-state index contributed by atoms with van der Waals surface area (Å²) >= 11 is 0. The molecular weight excluding hydrogens is 214 g/mol. The molecule has 0 fully saturated rings. The Morgan fingerprint density at radius 2 is 1.94 bits per heavy atom. The summed E-state index contributed by atoms with van der Waals surface area (Å²) in [6, 6.07) is 0. The van der Waals surface area contributed by atoms with Crippen LogP contribution in [-0.4, -0.2) is 35.0 Å². The van der Waals surface area contributed by atoms with Gasteiger partial charge < -0.3 is 20.7 Å². The van der Waals surface area contributed by atoms with Crippen LogP contribution in [0.4, 0.5) is 0 Å². The molecule has 0 aromatic heterocycles. The Morgan fingerprint density at radius 1 is 1.50 bits per heavy atom. The van der Waals surface area contributed by atoms with Gasteiger partial charge in [0.05, 0.1) is 6.61 Å². The summed E-state index contributed by atoms with van der Waals surface area (Å²) in [6.45, 7) is 7.97. The fourth-order valence-electron chi connectivity index (χ4n) is 0.380. The first-order chi connectivity index (χ1) is 7.31. The predicted molar refractivity (Wildman–Crippen MR) is 58.0 cm³/mol. The minimum atomic E-state index is -1.42. The predicted octanol–water partition coefficient (Wildman–Crippen LogP) is -0.536. The second-order valence-corrected chi connectivity index (χ2v) is 2.79. The van der Waals surface area contributed by atoms with Crippen LogP contribution in [-0.2, 0) is 14.3 Å². The number of aliphatic hydroxyl groups excluding tert-OH is 1. The van der Waals surface area contributed by atoms with Crippen LogP contribution in [0.5, 0.6) is 0 Å². The van der Waals surface area contributed by atoms with Gasteiger partial charge in [0, 0.05) is 12.0 Å². The topological polar surface area (TPSA) is 110 Å². The highest BCUT2D eigenvalue weighted by Crippen LogP contribution is 1.94. The summed E-state index contributed by atoms with van der Waals surface area (Å²) in [6.07, 6.45) is -0.341. The number of amides is 1. The first-order valence-corrected chi connectivity index (χ1v) is 4.41. The molecule has 0 aromatic carbocycles. The normalized spacial score (nSPS) is 8.75. The molecule has 0 aromatic rings. The number of primary amides is 1. The fourth-order valence-corrected chi connectivity index (χ4v) is 0.380. The van der Waals surface area contributed by atoms with Gasteiger partial charge in [-0.05, 0) is 13.0 Å². The summed E-state index contributed by atoms with van der Waals surface area (Å²) in [7, 11) is 0. The number of nitrogens with two attached hydrogens (primary N) is 1. The average Bonchev–Trinajstić information content (AvgIpc) is 2.17. The Balaban J connectivity index is 0. The van der Waals surface area contributed by atoms with E-state index in [1.807, 2.05) is 0 Å². The lowest BCUT2D eigenvalue weighted by Gasteiger charge is -2.04. The fraction of sp³-hybridized carbons (Fsp3) is 0.400. The molecule has 0 aliphatic heterocycles. The third kappa shape index (κ3) is 14.8. The zero-order chi connectivity index (χ0) is 13.1. The second kappa shape index (κ2) is 9.88. The summed E-state index contributed by atoms with van der Waals surface area (Å²) < 4.78 is 4.56. The van der Waals surface area contributed by atoms with E-state index in [1.54, 1.807) is 0 Å². The third-order valence-electron chi connectivity index (χ3n) is 1.16. The van der Waals surface area contributed by atoms with Crippen molar-refractivity contribution in [1.82, 2.24) is 0 Å². The quantitative estimate of drug-likeness (QED) is 0.334. The number of esters is 1. The molecule has 92 valence electrons. The molecule has 0 aliphatic carbocycles. The maximum atomic E-state index is 10.6. The van der Waals surface area contributed by atoms with Crippen LogP contribution in [0, 0.1) is 0 Å². The van der Waals surface area contributed by atoms with Gasteiger partial charge in [-0.2, -0.15) is 0 Å². The minimum Gasteiger partial charge on any atom is -0.462 e. The molecule has 0 bridgehead atoms. The van der Waals surface area contributed by atoms with Gasteiger partial charge in [-0.25, -0.2) is 4.79 Å². The van der Waals surface area contributed by atoms with E-state index in [9.17, 15) is 9.59 Å². The van der Waals surface area contributed by atoms with E-state index < -0.39 is 18.2 Å². The van der Waals surface area contributed by atoms with Gasteiger partial charge in [-0.1, -0.05) is 13.2 Å². The van der Waals surface area contributed by atoms with Crippen LogP contribution in [0.25, 0.3) is 0 Å². The summed E-state index contributed by atoms with van der Waals surface area (Å²) in [5.41, 5.74) is 4.84. The molecular formula is C10H17NO5. The summed E-state index contributed by atoms with van der Waals surface area (Å²) in [4.78, 5) is 20.1. The van der Waals surface area contributed by atoms with Crippen LogP contribution in [0.3, 0.4) is 0 Å². The number of ether oxygens (including phenoxy) is 1. The number of carbonyl (C=O) groups excluding carboxylic acids is 2. The monoisotopic (exact) mass is 231 g/mol.